The number of carboxylic acid groups (broad SMARTS) is 1. The second-order valence-corrected chi connectivity index (χ2v) is 4.63. The fourth-order valence-electron chi connectivity index (χ4n) is 2.14. The summed E-state index contributed by atoms with van der Waals surface area (Å²) in [4.78, 5) is 22.4. The third-order valence-electron chi connectivity index (χ3n) is 3.46. The fourth-order valence-corrected chi connectivity index (χ4v) is 2.14. The fraction of sp³-hybridized carbons (Fsp3) is 0.583. The van der Waals surface area contributed by atoms with Gasteiger partial charge in [-0.05, 0) is 13.8 Å². The summed E-state index contributed by atoms with van der Waals surface area (Å²) in [7, 11) is 0. The Morgan fingerprint density at radius 2 is 2.00 bits per heavy atom. The lowest BCUT2D eigenvalue weighted by atomic mass is 10.2. The van der Waals surface area contributed by atoms with E-state index in [0.717, 1.165) is 0 Å². The summed E-state index contributed by atoms with van der Waals surface area (Å²) in [6, 6.07) is -0.515. The molecule has 0 radical (unpaired) electrons. The number of aromatic nitrogens is 2. The molecule has 1 aliphatic rings. The van der Waals surface area contributed by atoms with Crippen LogP contribution in [0, 0.1) is 12.7 Å². The van der Waals surface area contributed by atoms with Crippen molar-refractivity contribution in [2.45, 2.75) is 19.9 Å². The number of hydrogen-bond acceptors (Lipinski definition) is 5. The third-order valence-corrected chi connectivity index (χ3v) is 3.46. The number of carbonyl (C=O) groups is 1. The monoisotopic (exact) mass is 268 g/mol. The normalized spacial score (nSPS) is 18.4. The van der Waals surface area contributed by atoms with Crippen LogP contribution >= 0.6 is 0 Å². The Hall–Kier alpha value is -1.76. The Morgan fingerprint density at radius 1 is 1.37 bits per heavy atom. The van der Waals surface area contributed by atoms with Gasteiger partial charge in [-0.2, -0.15) is 0 Å². The minimum atomic E-state index is -0.836. The molecule has 0 spiro atoms. The summed E-state index contributed by atoms with van der Waals surface area (Å²) in [5, 5.41) is 8.96. The lowest BCUT2D eigenvalue weighted by molar-refractivity contribution is -0.142. The van der Waals surface area contributed by atoms with E-state index in [1.807, 2.05) is 9.80 Å². The number of anilines is 1. The van der Waals surface area contributed by atoms with E-state index in [2.05, 4.69) is 9.97 Å². The maximum absolute atomic E-state index is 13.9. The molecule has 1 saturated heterocycles. The number of aliphatic carboxylic acids is 1. The quantitative estimate of drug-likeness (QED) is 0.862. The molecule has 1 aliphatic heterocycles. The van der Waals surface area contributed by atoms with Gasteiger partial charge in [0.2, 0.25) is 0 Å². The van der Waals surface area contributed by atoms with E-state index >= 15 is 0 Å². The first-order chi connectivity index (χ1) is 9.00. The van der Waals surface area contributed by atoms with Gasteiger partial charge in [0, 0.05) is 26.2 Å². The van der Waals surface area contributed by atoms with E-state index in [9.17, 15) is 9.18 Å². The molecule has 104 valence electrons. The maximum atomic E-state index is 13.9. The summed E-state index contributed by atoms with van der Waals surface area (Å²) >= 11 is 0. The van der Waals surface area contributed by atoms with Crippen LogP contribution in [0.25, 0.3) is 0 Å². The Bertz CT molecular complexity index is 475. The molecule has 1 fully saturated rings. The van der Waals surface area contributed by atoms with Gasteiger partial charge in [-0.15, -0.1) is 0 Å². The number of halogens is 1. The maximum Gasteiger partial charge on any atom is 0.320 e. The highest BCUT2D eigenvalue weighted by Gasteiger charge is 2.27. The highest BCUT2D eigenvalue weighted by atomic mass is 19.1. The van der Waals surface area contributed by atoms with Gasteiger partial charge >= 0.3 is 5.97 Å². The molecule has 1 unspecified atom stereocenters. The topological polar surface area (TPSA) is 69.6 Å². The molecule has 2 heterocycles. The van der Waals surface area contributed by atoms with Gasteiger partial charge in [0.05, 0.1) is 5.69 Å². The molecule has 0 bridgehead atoms. The van der Waals surface area contributed by atoms with Crippen molar-refractivity contribution in [2.75, 3.05) is 31.1 Å². The molecule has 0 aliphatic carbocycles. The van der Waals surface area contributed by atoms with E-state index in [1.165, 1.54) is 6.33 Å². The lowest BCUT2D eigenvalue weighted by Gasteiger charge is -2.37. The summed E-state index contributed by atoms with van der Waals surface area (Å²) < 4.78 is 13.9. The first-order valence-corrected chi connectivity index (χ1v) is 6.19. The van der Waals surface area contributed by atoms with Crippen LogP contribution in [0.5, 0.6) is 0 Å². The number of rotatable bonds is 3. The molecule has 0 saturated carbocycles. The largest absolute Gasteiger partial charge is 0.480 e. The van der Waals surface area contributed by atoms with Crippen LogP contribution in [0.4, 0.5) is 10.2 Å². The lowest BCUT2D eigenvalue weighted by Crippen LogP contribution is -2.52. The Kier molecular flexibility index (Phi) is 3.94. The van der Waals surface area contributed by atoms with Crippen molar-refractivity contribution in [1.82, 2.24) is 14.9 Å². The highest BCUT2D eigenvalue weighted by molar-refractivity contribution is 5.72. The van der Waals surface area contributed by atoms with Crippen LogP contribution in [0.1, 0.15) is 12.6 Å². The van der Waals surface area contributed by atoms with Crippen molar-refractivity contribution in [3.8, 4) is 0 Å². The molecule has 6 nitrogen and oxygen atoms in total. The van der Waals surface area contributed by atoms with Gasteiger partial charge in [0.1, 0.15) is 12.4 Å². The molecule has 1 aromatic rings. The smallest absolute Gasteiger partial charge is 0.320 e. The zero-order valence-corrected chi connectivity index (χ0v) is 11.0. The van der Waals surface area contributed by atoms with E-state index in [1.54, 1.807) is 13.8 Å². The van der Waals surface area contributed by atoms with Gasteiger partial charge in [-0.3, -0.25) is 9.69 Å². The molecule has 0 amide bonds. The van der Waals surface area contributed by atoms with Gasteiger partial charge in [0.15, 0.2) is 11.6 Å². The first-order valence-electron chi connectivity index (χ1n) is 6.19. The second-order valence-electron chi connectivity index (χ2n) is 4.63. The van der Waals surface area contributed by atoms with Crippen molar-refractivity contribution in [3.63, 3.8) is 0 Å². The Morgan fingerprint density at radius 3 is 2.58 bits per heavy atom. The standard InChI is InChI=1S/C12H17FN4O2/c1-8-10(13)11(15-7-14-8)17-5-3-16(4-6-17)9(2)12(18)19/h7,9H,3-6H2,1-2H3,(H,18,19). The van der Waals surface area contributed by atoms with Crippen molar-refractivity contribution < 1.29 is 14.3 Å². The van der Waals surface area contributed by atoms with Crippen LogP contribution in [0.2, 0.25) is 0 Å². The van der Waals surface area contributed by atoms with E-state index < -0.39 is 17.8 Å². The molecule has 1 atom stereocenters. The predicted octanol–water partition coefficient (Wildman–Crippen LogP) is 0.519. The Labute approximate surface area is 110 Å². The SMILES string of the molecule is Cc1ncnc(N2CCN(C(C)C(=O)O)CC2)c1F. The number of carboxylic acids is 1. The summed E-state index contributed by atoms with van der Waals surface area (Å²) in [5.74, 6) is -0.935. The molecule has 19 heavy (non-hydrogen) atoms. The highest BCUT2D eigenvalue weighted by Crippen LogP contribution is 2.19. The predicted molar refractivity (Wildman–Crippen MR) is 67.6 cm³/mol. The van der Waals surface area contributed by atoms with E-state index in [-0.39, 0.29) is 0 Å². The van der Waals surface area contributed by atoms with Crippen LogP contribution in [-0.2, 0) is 4.79 Å². The molecule has 7 heteroatoms. The molecule has 1 N–H and O–H groups in total. The van der Waals surface area contributed by atoms with Crippen molar-refractivity contribution >= 4 is 11.8 Å². The minimum Gasteiger partial charge on any atom is -0.480 e. The van der Waals surface area contributed by atoms with E-state index in [4.69, 9.17) is 5.11 Å². The van der Waals surface area contributed by atoms with Crippen LogP contribution in [0.3, 0.4) is 0 Å². The van der Waals surface area contributed by atoms with Crippen LogP contribution in [-0.4, -0.2) is 58.2 Å². The average Bonchev–Trinajstić information content (AvgIpc) is 2.41. The van der Waals surface area contributed by atoms with Gasteiger partial charge in [0.25, 0.3) is 0 Å². The first kappa shape index (κ1) is 13.7. The Balaban J connectivity index is 2.04. The minimum absolute atomic E-state index is 0.301. The number of aryl methyl sites for hydroxylation is 1. The van der Waals surface area contributed by atoms with Crippen molar-refractivity contribution in [1.29, 1.82) is 0 Å². The number of piperazine rings is 1. The summed E-state index contributed by atoms with van der Waals surface area (Å²) in [5.41, 5.74) is 0.325. The molecule has 2 rings (SSSR count). The van der Waals surface area contributed by atoms with Crippen LogP contribution < -0.4 is 4.90 Å². The van der Waals surface area contributed by atoms with Crippen LogP contribution in [0.15, 0.2) is 6.33 Å². The van der Waals surface area contributed by atoms with E-state index in [0.29, 0.717) is 37.7 Å². The molecule has 0 aromatic carbocycles. The summed E-state index contributed by atoms with van der Waals surface area (Å²) in [6.45, 7) is 5.54. The number of nitrogens with zero attached hydrogens (tertiary/aromatic N) is 4. The molecular formula is C12H17FN4O2. The van der Waals surface area contributed by atoms with Gasteiger partial charge in [-0.1, -0.05) is 0 Å². The zero-order valence-electron chi connectivity index (χ0n) is 11.0. The molecular weight excluding hydrogens is 251 g/mol. The van der Waals surface area contributed by atoms with Gasteiger partial charge < -0.3 is 10.0 Å². The second kappa shape index (κ2) is 5.48. The van der Waals surface area contributed by atoms with Gasteiger partial charge in [-0.25, -0.2) is 14.4 Å². The number of hydrogen-bond donors (Lipinski definition) is 1. The third kappa shape index (κ3) is 2.81. The average molecular weight is 268 g/mol. The molecule has 1 aromatic heterocycles. The summed E-state index contributed by atoms with van der Waals surface area (Å²) in [6.07, 6.45) is 1.35. The van der Waals surface area contributed by atoms with Crippen molar-refractivity contribution in [2.24, 2.45) is 0 Å². The zero-order chi connectivity index (χ0) is 14.0. The van der Waals surface area contributed by atoms with Crippen molar-refractivity contribution in [3.05, 3.63) is 17.8 Å².